The summed E-state index contributed by atoms with van der Waals surface area (Å²) in [5, 5.41) is 0. The molecule has 3 aliphatic rings. The van der Waals surface area contributed by atoms with E-state index in [1.165, 1.54) is 6.42 Å². The van der Waals surface area contributed by atoms with Gasteiger partial charge < -0.3 is 4.74 Å². The van der Waals surface area contributed by atoms with Gasteiger partial charge in [-0.1, -0.05) is 32.6 Å². The van der Waals surface area contributed by atoms with Gasteiger partial charge in [-0.05, 0) is 38.5 Å². The number of unbranched alkanes of at least 4 members (excludes halogenated alkanes) is 1. The lowest BCUT2D eigenvalue weighted by atomic mass is 9.64. The highest BCUT2D eigenvalue weighted by molar-refractivity contribution is 6.11. The molecule has 2 saturated heterocycles. The van der Waals surface area contributed by atoms with Gasteiger partial charge in [0.25, 0.3) is 0 Å². The highest BCUT2D eigenvalue weighted by atomic mass is 16.5. The Hall–Kier alpha value is -1.03. The van der Waals surface area contributed by atoms with Gasteiger partial charge in [0.1, 0.15) is 5.78 Å². The molecule has 4 nitrogen and oxygen atoms in total. The van der Waals surface area contributed by atoms with Gasteiger partial charge in [-0.15, -0.1) is 0 Å². The van der Waals surface area contributed by atoms with Crippen molar-refractivity contribution in [1.29, 1.82) is 0 Å². The Balaban J connectivity index is 1.99. The molecule has 1 spiro atoms. The molecule has 0 N–H and O–H groups in total. The minimum atomic E-state index is -1.26. The van der Waals surface area contributed by atoms with E-state index in [-0.39, 0.29) is 23.5 Å². The molecule has 2 aliphatic heterocycles. The van der Waals surface area contributed by atoms with Crippen LogP contribution in [0.1, 0.15) is 90.4 Å². The molecular formula is C20H30O4. The van der Waals surface area contributed by atoms with E-state index in [9.17, 15) is 14.4 Å². The van der Waals surface area contributed by atoms with Gasteiger partial charge in [0, 0.05) is 19.3 Å². The third-order valence-electron chi connectivity index (χ3n) is 6.49. The quantitative estimate of drug-likeness (QED) is 0.734. The van der Waals surface area contributed by atoms with E-state index in [0.29, 0.717) is 38.5 Å². The van der Waals surface area contributed by atoms with E-state index in [0.717, 1.165) is 38.5 Å². The largest absolute Gasteiger partial charge is 0.355 e. The van der Waals surface area contributed by atoms with Crippen molar-refractivity contribution in [3.05, 3.63) is 0 Å². The maximum absolute atomic E-state index is 13.0. The molecule has 2 atom stereocenters. The lowest BCUT2D eigenvalue weighted by molar-refractivity contribution is -0.194. The van der Waals surface area contributed by atoms with Crippen LogP contribution in [0.2, 0.25) is 0 Å². The van der Waals surface area contributed by atoms with E-state index in [1.54, 1.807) is 0 Å². The molecule has 3 fully saturated rings. The summed E-state index contributed by atoms with van der Waals surface area (Å²) in [6.45, 7) is 2.06. The molecule has 0 radical (unpaired) electrons. The summed E-state index contributed by atoms with van der Waals surface area (Å²) >= 11 is 0. The molecule has 1 saturated carbocycles. The summed E-state index contributed by atoms with van der Waals surface area (Å²) in [6, 6.07) is 0. The van der Waals surface area contributed by atoms with Gasteiger partial charge in [0.15, 0.2) is 17.2 Å². The Morgan fingerprint density at radius 2 is 1.58 bits per heavy atom. The number of ether oxygens (including phenoxy) is 1. The van der Waals surface area contributed by atoms with Crippen LogP contribution in [0.4, 0.5) is 0 Å². The van der Waals surface area contributed by atoms with E-state index >= 15 is 0 Å². The zero-order valence-corrected chi connectivity index (χ0v) is 14.9. The first-order valence-electron chi connectivity index (χ1n) is 9.83. The van der Waals surface area contributed by atoms with Crippen molar-refractivity contribution in [3.8, 4) is 0 Å². The zero-order chi connectivity index (χ0) is 17.2. The molecule has 24 heavy (non-hydrogen) atoms. The lowest BCUT2D eigenvalue weighted by Crippen LogP contribution is -2.58. The zero-order valence-electron chi connectivity index (χ0n) is 14.9. The molecule has 2 bridgehead atoms. The van der Waals surface area contributed by atoms with Gasteiger partial charge in [-0.25, -0.2) is 0 Å². The molecule has 0 aromatic rings. The fourth-order valence-corrected chi connectivity index (χ4v) is 5.03. The molecule has 4 heteroatoms. The first-order chi connectivity index (χ1) is 11.5. The number of rotatable bonds is 3. The smallest absolute Gasteiger partial charge is 0.184 e. The molecule has 0 aromatic carbocycles. The van der Waals surface area contributed by atoms with Crippen molar-refractivity contribution in [2.75, 3.05) is 0 Å². The second-order valence-electron chi connectivity index (χ2n) is 7.92. The number of hydrogen-bond donors (Lipinski definition) is 0. The molecule has 2 heterocycles. The molecule has 3 rings (SSSR count). The standard InChI is InChI=1S/C20H30O4/c1-2-3-14-20-16(22)9-7-8-15(21)19(12-5-4-6-13-19)18(24-20)11-10-17(20)23/h18H,2-14H2,1H3/t18-,20-/m0/s1. The molecule has 0 unspecified atom stereocenters. The van der Waals surface area contributed by atoms with Crippen LogP contribution >= 0.6 is 0 Å². The second kappa shape index (κ2) is 7.07. The monoisotopic (exact) mass is 334 g/mol. The normalized spacial score (nSPS) is 33.9. The molecule has 0 amide bonds. The molecular weight excluding hydrogens is 304 g/mol. The van der Waals surface area contributed by atoms with Crippen molar-refractivity contribution in [3.63, 3.8) is 0 Å². The van der Waals surface area contributed by atoms with E-state index in [1.807, 2.05) is 0 Å². The Bertz CT molecular complexity index is 518. The predicted molar refractivity (Wildman–Crippen MR) is 90.8 cm³/mol. The highest BCUT2D eigenvalue weighted by Gasteiger charge is 2.56. The van der Waals surface area contributed by atoms with Gasteiger partial charge in [0.05, 0.1) is 11.5 Å². The maximum atomic E-state index is 13.0. The van der Waals surface area contributed by atoms with Crippen molar-refractivity contribution < 1.29 is 19.1 Å². The van der Waals surface area contributed by atoms with Crippen LogP contribution in [0.5, 0.6) is 0 Å². The fourth-order valence-electron chi connectivity index (χ4n) is 5.03. The molecule has 0 aromatic heterocycles. The topological polar surface area (TPSA) is 60.4 Å². The van der Waals surface area contributed by atoms with Crippen molar-refractivity contribution in [2.45, 2.75) is 102 Å². The summed E-state index contributed by atoms with van der Waals surface area (Å²) in [6.07, 6.45) is 9.29. The maximum Gasteiger partial charge on any atom is 0.184 e. The minimum Gasteiger partial charge on any atom is -0.355 e. The third-order valence-corrected chi connectivity index (χ3v) is 6.49. The van der Waals surface area contributed by atoms with E-state index < -0.39 is 11.0 Å². The first-order valence-corrected chi connectivity index (χ1v) is 9.83. The minimum absolute atomic E-state index is 0.0440. The summed E-state index contributed by atoms with van der Waals surface area (Å²) < 4.78 is 6.37. The number of carbonyl (C=O) groups is 3. The first kappa shape index (κ1) is 17.8. The Labute approximate surface area is 144 Å². The van der Waals surface area contributed by atoms with Crippen molar-refractivity contribution in [1.82, 2.24) is 0 Å². The van der Waals surface area contributed by atoms with Crippen LogP contribution in [-0.2, 0) is 19.1 Å². The van der Waals surface area contributed by atoms with Crippen molar-refractivity contribution >= 4 is 17.3 Å². The predicted octanol–water partition coefficient (Wildman–Crippen LogP) is 3.94. The average molecular weight is 334 g/mol. The van der Waals surface area contributed by atoms with Crippen LogP contribution in [0.15, 0.2) is 0 Å². The highest BCUT2D eigenvalue weighted by Crippen LogP contribution is 2.49. The Morgan fingerprint density at radius 1 is 0.917 bits per heavy atom. The number of Topliss-reactive ketones (excluding diaryl/α,β-unsaturated/α-hetero) is 3. The summed E-state index contributed by atoms with van der Waals surface area (Å²) in [5.74, 6) is 0.157. The van der Waals surface area contributed by atoms with Gasteiger partial charge in [-0.2, -0.15) is 0 Å². The number of fused-ring (bicyclic) bond motifs is 3. The lowest BCUT2D eigenvalue weighted by Gasteiger charge is -2.48. The average Bonchev–Trinajstić information content (AvgIpc) is 2.63. The van der Waals surface area contributed by atoms with Crippen LogP contribution in [0.3, 0.4) is 0 Å². The van der Waals surface area contributed by atoms with Crippen LogP contribution in [0.25, 0.3) is 0 Å². The summed E-state index contributed by atoms with van der Waals surface area (Å²) in [5.41, 5.74) is -1.70. The van der Waals surface area contributed by atoms with E-state index in [4.69, 9.17) is 4.74 Å². The summed E-state index contributed by atoms with van der Waals surface area (Å²) in [4.78, 5) is 38.7. The van der Waals surface area contributed by atoms with E-state index in [2.05, 4.69) is 6.92 Å². The number of carbonyl (C=O) groups excluding carboxylic acids is 3. The Morgan fingerprint density at radius 3 is 2.29 bits per heavy atom. The number of ketones is 3. The SMILES string of the molecule is CCCC[C@@]12O[C@@H](CCC1=O)C1(CCCCC1)C(=O)CCCC2=O. The Kier molecular flexibility index (Phi) is 5.24. The van der Waals surface area contributed by atoms with Gasteiger partial charge >= 0.3 is 0 Å². The fraction of sp³-hybridized carbons (Fsp3) is 0.850. The summed E-state index contributed by atoms with van der Waals surface area (Å²) in [7, 11) is 0. The number of hydrogen-bond acceptors (Lipinski definition) is 4. The molecule has 134 valence electrons. The van der Waals surface area contributed by atoms with Crippen molar-refractivity contribution in [2.24, 2.45) is 5.41 Å². The van der Waals surface area contributed by atoms with Crippen LogP contribution in [-0.4, -0.2) is 29.1 Å². The van der Waals surface area contributed by atoms with Crippen LogP contribution < -0.4 is 0 Å². The van der Waals surface area contributed by atoms with Gasteiger partial charge in [0.2, 0.25) is 0 Å². The third kappa shape index (κ3) is 2.87. The second-order valence-corrected chi connectivity index (χ2v) is 7.92. The molecule has 1 aliphatic carbocycles. The van der Waals surface area contributed by atoms with Crippen LogP contribution in [0, 0.1) is 5.41 Å². The van der Waals surface area contributed by atoms with Gasteiger partial charge in [-0.3, -0.25) is 14.4 Å².